The number of hydrogen-bond donors (Lipinski definition) is 1. The zero-order chi connectivity index (χ0) is 15.0. The maximum absolute atomic E-state index is 12.6. The molecule has 1 amide bonds. The highest BCUT2D eigenvalue weighted by atomic mass is 32.2. The number of nitrogens with zero attached hydrogens (tertiary/aromatic N) is 2. The number of carbonyl (C=O) groups excluding carboxylic acids is 1. The molecule has 6 nitrogen and oxygen atoms in total. The van der Waals surface area contributed by atoms with E-state index in [1.165, 1.54) is 10.6 Å². The Morgan fingerprint density at radius 2 is 1.80 bits per heavy atom. The van der Waals surface area contributed by atoms with Crippen molar-refractivity contribution in [3.05, 3.63) is 0 Å². The van der Waals surface area contributed by atoms with Crippen LogP contribution in [0.1, 0.15) is 32.6 Å². The van der Waals surface area contributed by atoms with Crippen LogP contribution >= 0.6 is 0 Å². The maximum atomic E-state index is 12.6. The van der Waals surface area contributed by atoms with Crippen molar-refractivity contribution in [2.24, 2.45) is 11.7 Å². The summed E-state index contributed by atoms with van der Waals surface area (Å²) in [6, 6.07) is 0. The number of nitrogens with two attached hydrogens (primary N) is 1. The minimum atomic E-state index is -3.15. The first-order chi connectivity index (χ1) is 9.22. The van der Waals surface area contributed by atoms with Crippen LogP contribution in [-0.2, 0) is 14.8 Å². The first-order valence-electron chi connectivity index (χ1n) is 7.24. The van der Waals surface area contributed by atoms with Crippen LogP contribution in [0.4, 0.5) is 0 Å². The van der Waals surface area contributed by atoms with Crippen molar-refractivity contribution in [1.82, 2.24) is 9.21 Å². The van der Waals surface area contributed by atoms with Crippen molar-refractivity contribution in [2.45, 2.75) is 38.1 Å². The molecule has 0 aromatic heterocycles. The number of carbonyl (C=O) groups is 1. The lowest BCUT2D eigenvalue weighted by Crippen LogP contribution is -2.57. The van der Waals surface area contributed by atoms with Gasteiger partial charge in [-0.15, -0.1) is 0 Å². The third kappa shape index (κ3) is 3.32. The van der Waals surface area contributed by atoms with Crippen molar-refractivity contribution in [1.29, 1.82) is 0 Å². The number of hydrogen-bond acceptors (Lipinski definition) is 4. The second kappa shape index (κ2) is 5.61. The molecule has 2 atom stereocenters. The summed E-state index contributed by atoms with van der Waals surface area (Å²) in [6.07, 6.45) is 5.07. The number of rotatable bonds is 2. The lowest BCUT2D eigenvalue weighted by molar-refractivity contribution is -0.140. The summed E-state index contributed by atoms with van der Waals surface area (Å²) in [7, 11) is -3.15. The van der Waals surface area contributed by atoms with Crippen molar-refractivity contribution in [3.63, 3.8) is 0 Å². The normalized spacial score (nSPS) is 33.1. The lowest BCUT2D eigenvalue weighted by Gasteiger charge is -2.42. The zero-order valence-corrected chi connectivity index (χ0v) is 13.2. The fourth-order valence-corrected chi connectivity index (χ4v) is 4.05. The third-order valence-electron chi connectivity index (χ3n) is 4.57. The van der Waals surface area contributed by atoms with Gasteiger partial charge in [0.25, 0.3) is 0 Å². The molecule has 0 radical (unpaired) electrons. The van der Waals surface area contributed by atoms with E-state index in [4.69, 9.17) is 5.73 Å². The summed E-state index contributed by atoms with van der Waals surface area (Å²) in [5.41, 5.74) is 5.85. The highest BCUT2D eigenvalue weighted by molar-refractivity contribution is 7.88. The maximum Gasteiger partial charge on any atom is 0.227 e. The molecule has 116 valence electrons. The quantitative estimate of drug-likeness (QED) is 0.778. The van der Waals surface area contributed by atoms with Crippen LogP contribution in [0.15, 0.2) is 0 Å². The van der Waals surface area contributed by atoms with Gasteiger partial charge in [-0.05, 0) is 19.8 Å². The molecule has 2 fully saturated rings. The summed E-state index contributed by atoms with van der Waals surface area (Å²) >= 11 is 0. The van der Waals surface area contributed by atoms with Crippen molar-refractivity contribution in [2.75, 3.05) is 32.4 Å². The van der Waals surface area contributed by atoms with Crippen molar-refractivity contribution < 1.29 is 13.2 Å². The van der Waals surface area contributed by atoms with E-state index in [0.29, 0.717) is 26.2 Å². The monoisotopic (exact) mass is 303 g/mol. The fourth-order valence-electron chi connectivity index (χ4n) is 3.22. The molecule has 0 spiro atoms. The molecule has 0 aromatic carbocycles. The van der Waals surface area contributed by atoms with E-state index >= 15 is 0 Å². The molecular formula is C13H25N3O3S. The number of piperazine rings is 1. The summed E-state index contributed by atoms with van der Waals surface area (Å²) in [5.74, 6) is -0.0242. The Morgan fingerprint density at radius 3 is 2.30 bits per heavy atom. The SMILES string of the molecule is CC1(N)CCCCC1C(=O)N1CCN(S(C)(=O)=O)CC1. The molecule has 1 aliphatic carbocycles. The van der Waals surface area contributed by atoms with E-state index in [1.807, 2.05) is 6.92 Å². The largest absolute Gasteiger partial charge is 0.340 e. The summed E-state index contributed by atoms with van der Waals surface area (Å²) in [5, 5.41) is 0. The van der Waals surface area contributed by atoms with E-state index < -0.39 is 15.6 Å². The van der Waals surface area contributed by atoms with Crippen LogP contribution in [0.5, 0.6) is 0 Å². The summed E-state index contributed by atoms with van der Waals surface area (Å²) in [4.78, 5) is 14.4. The Balaban J connectivity index is 1.98. The molecule has 0 aromatic rings. The van der Waals surface area contributed by atoms with E-state index in [9.17, 15) is 13.2 Å². The highest BCUT2D eigenvalue weighted by Gasteiger charge is 2.40. The third-order valence-corrected chi connectivity index (χ3v) is 5.87. The van der Waals surface area contributed by atoms with Crippen LogP contribution in [0.25, 0.3) is 0 Å². The van der Waals surface area contributed by atoms with Gasteiger partial charge in [0, 0.05) is 31.7 Å². The smallest absolute Gasteiger partial charge is 0.227 e. The Morgan fingerprint density at radius 1 is 1.20 bits per heavy atom. The van der Waals surface area contributed by atoms with Crippen LogP contribution in [0.3, 0.4) is 0 Å². The average molecular weight is 303 g/mol. The van der Waals surface area contributed by atoms with Gasteiger partial charge < -0.3 is 10.6 Å². The van der Waals surface area contributed by atoms with Gasteiger partial charge in [-0.2, -0.15) is 4.31 Å². The zero-order valence-electron chi connectivity index (χ0n) is 12.3. The Hall–Kier alpha value is -0.660. The molecule has 1 saturated heterocycles. The van der Waals surface area contributed by atoms with Gasteiger partial charge in [-0.3, -0.25) is 4.79 Å². The van der Waals surface area contributed by atoms with Crippen LogP contribution in [0.2, 0.25) is 0 Å². The summed E-state index contributed by atoms with van der Waals surface area (Å²) < 4.78 is 24.4. The molecule has 0 bridgehead atoms. The minimum Gasteiger partial charge on any atom is -0.340 e. The van der Waals surface area contributed by atoms with Crippen LogP contribution in [-0.4, -0.2) is 61.5 Å². The van der Waals surface area contributed by atoms with E-state index in [0.717, 1.165) is 25.7 Å². The van der Waals surface area contributed by atoms with Gasteiger partial charge in [0.15, 0.2) is 0 Å². The first kappa shape index (κ1) is 15.7. The second-order valence-corrected chi connectivity index (χ2v) is 8.27. The van der Waals surface area contributed by atoms with Crippen molar-refractivity contribution >= 4 is 15.9 Å². The molecule has 1 saturated carbocycles. The predicted molar refractivity (Wildman–Crippen MR) is 77.5 cm³/mol. The molecule has 2 unspecified atom stereocenters. The molecule has 1 aliphatic heterocycles. The molecule has 7 heteroatoms. The van der Waals surface area contributed by atoms with Gasteiger partial charge in [-0.25, -0.2) is 8.42 Å². The molecule has 20 heavy (non-hydrogen) atoms. The van der Waals surface area contributed by atoms with E-state index in [2.05, 4.69) is 0 Å². The topological polar surface area (TPSA) is 83.7 Å². The van der Waals surface area contributed by atoms with Crippen LogP contribution < -0.4 is 5.73 Å². The van der Waals surface area contributed by atoms with Gasteiger partial charge >= 0.3 is 0 Å². The van der Waals surface area contributed by atoms with Crippen LogP contribution in [0, 0.1) is 5.92 Å². The van der Waals surface area contributed by atoms with Crippen molar-refractivity contribution in [3.8, 4) is 0 Å². The number of amides is 1. The number of sulfonamides is 1. The molecular weight excluding hydrogens is 278 g/mol. The Labute approximate surface area is 121 Å². The predicted octanol–water partition coefficient (Wildman–Crippen LogP) is -0.00220. The standard InChI is InChI=1S/C13H25N3O3S/c1-13(14)6-4-3-5-11(13)12(17)15-7-9-16(10-8-15)20(2,18)19/h11H,3-10,14H2,1-2H3. The molecule has 2 N–H and O–H groups in total. The van der Waals surface area contributed by atoms with E-state index in [1.54, 1.807) is 4.90 Å². The molecule has 1 heterocycles. The summed E-state index contributed by atoms with van der Waals surface area (Å²) in [6.45, 7) is 3.68. The first-order valence-corrected chi connectivity index (χ1v) is 9.09. The van der Waals surface area contributed by atoms with Gasteiger partial charge in [-0.1, -0.05) is 12.8 Å². The van der Waals surface area contributed by atoms with Gasteiger partial charge in [0.1, 0.15) is 0 Å². The average Bonchev–Trinajstić information content (AvgIpc) is 2.36. The van der Waals surface area contributed by atoms with Gasteiger partial charge in [0.2, 0.25) is 15.9 Å². The Bertz CT molecular complexity index is 467. The minimum absolute atomic E-state index is 0.0999. The second-order valence-electron chi connectivity index (χ2n) is 6.29. The Kier molecular flexibility index (Phi) is 4.41. The van der Waals surface area contributed by atoms with E-state index in [-0.39, 0.29) is 11.8 Å². The van der Waals surface area contributed by atoms with Gasteiger partial charge in [0.05, 0.1) is 12.2 Å². The molecule has 2 aliphatic rings. The fraction of sp³-hybridized carbons (Fsp3) is 0.923. The highest BCUT2D eigenvalue weighted by Crippen LogP contribution is 2.33. The lowest BCUT2D eigenvalue weighted by atomic mass is 9.74. The molecule has 2 rings (SSSR count).